The molecule has 0 amide bonds. The third kappa shape index (κ3) is 1.33. The van der Waals surface area contributed by atoms with Crippen LogP contribution in [0.3, 0.4) is 0 Å². The van der Waals surface area contributed by atoms with Crippen LogP contribution in [-0.2, 0) is 5.41 Å². The second-order valence-electron chi connectivity index (χ2n) is 3.89. The lowest BCUT2D eigenvalue weighted by molar-refractivity contribution is 0.0896. The summed E-state index contributed by atoms with van der Waals surface area (Å²) in [5, 5.41) is 0. The van der Waals surface area contributed by atoms with Crippen molar-refractivity contribution < 1.29 is 8.78 Å². The zero-order valence-electron chi connectivity index (χ0n) is 8.13. The Bertz CT molecular complexity index is 416. The molecule has 15 heavy (non-hydrogen) atoms. The molecule has 1 aromatic carbocycles. The van der Waals surface area contributed by atoms with Crippen LogP contribution in [0, 0.1) is 12.3 Å². The summed E-state index contributed by atoms with van der Waals surface area (Å²) in [4.78, 5) is 0. The average Bonchev–Trinajstić information content (AvgIpc) is 2.82. The summed E-state index contributed by atoms with van der Waals surface area (Å²) in [6, 6.07) is 6.62. The maximum Gasteiger partial charge on any atom is 0.260 e. The number of terminal acetylenes is 1. The molecule has 3 heteroatoms. The molecule has 0 saturated heterocycles. The molecule has 1 aliphatic carbocycles. The normalized spacial score (nSPS) is 27.1. The number of hydrogen-bond donors (Lipinski definition) is 1. The first-order valence-electron chi connectivity index (χ1n) is 4.71. The number of hydrogen-bond acceptors (Lipinski definition) is 1. The summed E-state index contributed by atoms with van der Waals surface area (Å²) in [5.41, 5.74) is 5.54. The molecule has 0 radical (unpaired) electrons. The van der Waals surface area contributed by atoms with E-state index in [-0.39, 0.29) is 13.0 Å². The minimum absolute atomic E-state index is 0.0323. The van der Waals surface area contributed by atoms with Crippen LogP contribution in [-0.4, -0.2) is 12.5 Å². The van der Waals surface area contributed by atoms with Crippen molar-refractivity contribution in [2.75, 3.05) is 6.54 Å². The van der Waals surface area contributed by atoms with Crippen molar-refractivity contribution >= 4 is 0 Å². The molecule has 1 saturated carbocycles. The highest BCUT2D eigenvalue weighted by molar-refractivity contribution is 5.42. The summed E-state index contributed by atoms with van der Waals surface area (Å²) >= 11 is 0. The topological polar surface area (TPSA) is 26.0 Å². The molecule has 78 valence electrons. The van der Waals surface area contributed by atoms with Crippen molar-refractivity contribution in [2.45, 2.75) is 17.8 Å². The number of rotatable bonds is 2. The highest BCUT2D eigenvalue weighted by Gasteiger charge is 2.70. The Labute approximate surface area is 87.3 Å². The summed E-state index contributed by atoms with van der Waals surface area (Å²) < 4.78 is 26.4. The van der Waals surface area contributed by atoms with Crippen molar-refractivity contribution in [3.8, 4) is 12.3 Å². The van der Waals surface area contributed by atoms with Crippen LogP contribution in [0.15, 0.2) is 24.3 Å². The van der Waals surface area contributed by atoms with Crippen molar-refractivity contribution in [1.29, 1.82) is 0 Å². The molecule has 0 aromatic heterocycles. The predicted molar refractivity (Wildman–Crippen MR) is 54.7 cm³/mol. The molecule has 1 unspecified atom stereocenters. The molecule has 1 aliphatic rings. The first-order chi connectivity index (χ1) is 7.05. The molecule has 2 rings (SSSR count). The molecule has 0 heterocycles. The van der Waals surface area contributed by atoms with E-state index in [4.69, 9.17) is 12.2 Å². The highest BCUT2D eigenvalue weighted by atomic mass is 19.3. The fourth-order valence-corrected chi connectivity index (χ4v) is 1.87. The van der Waals surface area contributed by atoms with Crippen molar-refractivity contribution in [3.05, 3.63) is 35.4 Å². The summed E-state index contributed by atoms with van der Waals surface area (Å²) in [6.07, 6.45) is 5.03. The van der Waals surface area contributed by atoms with Gasteiger partial charge in [0.1, 0.15) is 0 Å². The first-order valence-corrected chi connectivity index (χ1v) is 4.71. The van der Waals surface area contributed by atoms with Crippen LogP contribution in [0.1, 0.15) is 17.5 Å². The van der Waals surface area contributed by atoms with Crippen molar-refractivity contribution in [3.63, 3.8) is 0 Å². The van der Waals surface area contributed by atoms with Crippen LogP contribution in [0.5, 0.6) is 0 Å². The van der Waals surface area contributed by atoms with E-state index in [1.807, 2.05) is 0 Å². The van der Waals surface area contributed by atoms with Crippen molar-refractivity contribution in [1.82, 2.24) is 0 Å². The molecule has 1 fully saturated rings. The lowest BCUT2D eigenvalue weighted by Crippen LogP contribution is -2.26. The van der Waals surface area contributed by atoms with Gasteiger partial charge in [0.05, 0.1) is 5.41 Å². The molecule has 1 nitrogen and oxygen atoms in total. The number of nitrogens with two attached hydrogens (primary N) is 1. The Kier molecular flexibility index (Phi) is 2.06. The van der Waals surface area contributed by atoms with E-state index in [0.717, 1.165) is 0 Å². The maximum absolute atomic E-state index is 13.2. The van der Waals surface area contributed by atoms with Crippen LogP contribution in [0.2, 0.25) is 0 Å². The summed E-state index contributed by atoms with van der Waals surface area (Å²) in [7, 11) is 0. The number of halogens is 2. The molecule has 0 spiro atoms. The monoisotopic (exact) mass is 207 g/mol. The Morgan fingerprint density at radius 3 is 2.20 bits per heavy atom. The lowest BCUT2D eigenvalue weighted by Gasteiger charge is -2.14. The Hall–Kier alpha value is -1.40. The second kappa shape index (κ2) is 3.04. The predicted octanol–water partition coefficient (Wildman–Crippen LogP) is 1.90. The van der Waals surface area contributed by atoms with Crippen LogP contribution in [0.25, 0.3) is 0 Å². The van der Waals surface area contributed by atoms with Gasteiger partial charge in [-0.2, -0.15) is 0 Å². The SMILES string of the molecule is C#Cc1ccc(C2(CN)CC2(F)F)cc1. The van der Waals surface area contributed by atoms with Gasteiger partial charge in [-0.15, -0.1) is 6.42 Å². The smallest absolute Gasteiger partial charge is 0.260 e. The quantitative estimate of drug-likeness (QED) is 0.736. The standard InChI is InChI=1S/C12H11F2N/c1-2-9-3-5-10(6-4-9)11(8-15)7-12(11,13)14/h1,3-6H,7-8,15H2. The van der Waals surface area contributed by atoms with Crippen LogP contribution >= 0.6 is 0 Å². The van der Waals surface area contributed by atoms with Gasteiger partial charge in [0, 0.05) is 18.5 Å². The van der Waals surface area contributed by atoms with Gasteiger partial charge < -0.3 is 5.73 Å². The number of alkyl halides is 2. The first kappa shape index (κ1) is 10.1. The van der Waals surface area contributed by atoms with E-state index in [0.29, 0.717) is 11.1 Å². The fraction of sp³-hybridized carbons (Fsp3) is 0.333. The van der Waals surface area contributed by atoms with E-state index in [2.05, 4.69) is 5.92 Å². The molecule has 0 bridgehead atoms. The minimum Gasteiger partial charge on any atom is -0.329 e. The van der Waals surface area contributed by atoms with Gasteiger partial charge in [0.15, 0.2) is 0 Å². The molecule has 1 atom stereocenters. The Morgan fingerprint density at radius 1 is 1.33 bits per heavy atom. The second-order valence-corrected chi connectivity index (χ2v) is 3.89. The minimum atomic E-state index is -2.67. The maximum atomic E-state index is 13.2. The van der Waals surface area contributed by atoms with Gasteiger partial charge in [0.25, 0.3) is 5.92 Å². The third-order valence-corrected chi connectivity index (χ3v) is 3.05. The van der Waals surface area contributed by atoms with Gasteiger partial charge in [-0.25, -0.2) is 8.78 Å². The zero-order chi connectivity index (χ0) is 11.1. The van der Waals surface area contributed by atoms with Gasteiger partial charge in [-0.1, -0.05) is 18.1 Å². The van der Waals surface area contributed by atoms with E-state index in [9.17, 15) is 8.78 Å². The van der Waals surface area contributed by atoms with Gasteiger partial charge in [0.2, 0.25) is 0 Å². The van der Waals surface area contributed by atoms with E-state index in [1.165, 1.54) is 0 Å². The molecular weight excluding hydrogens is 196 g/mol. The summed E-state index contributed by atoms with van der Waals surface area (Å²) in [5.74, 6) is -0.221. The highest BCUT2D eigenvalue weighted by Crippen LogP contribution is 2.60. The Morgan fingerprint density at radius 2 is 1.87 bits per heavy atom. The molecular formula is C12H11F2N. The molecule has 2 N–H and O–H groups in total. The average molecular weight is 207 g/mol. The van der Waals surface area contributed by atoms with Gasteiger partial charge in [-0.3, -0.25) is 0 Å². The molecule has 1 aromatic rings. The lowest BCUT2D eigenvalue weighted by atomic mass is 9.94. The van der Waals surface area contributed by atoms with Crippen LogP contribution < -0.4 is 5.73 Å². The fourth-order valence-electron chi connectivity index (χ4n) is 1.87. The van der Waals surface area contributed by atoms with Crippen molar-refractivity contribution in [2.24, 2.45) is 5.73 Å². The van der Waals surface area contributed by atoms with Crippen LogP contribution in [0.4, 0.5) is 8.78 Å². The molecule has 0 aliphatic heterocycles. The van der Waals surface area contributed by atoms with E-state index >= 15 is 0 Å². The van der Waals surface area contributed by atoms with Gasteiger partial charge >= 0.3 is 0 Å². The number of benzene rings is 1. The van der Waals surface area contributed by atoms with E-state index in [1.54, 1.807) is 24.3 Å². The van der Waals surface area contributed by atoms with Gasteiger partial charge in [-0.05, 0) is 17.7 Å². The van der Waals surface area contributed by atoms with E-state index < -0.39 is 11.3 Å². The largest absolute Gasteiger partial charge is 0.329 e. The zero-order valence-corrected chi connectivity index (χ0v) is 8.13. The third-order valence-electron chi connectivity index (χ3n) is 3.05. The Balaban J connectivity index is 2.35. The summed E-state index contributed by atoms with van der Waals surface area (Å²) in [6.45, 7) is -0.0323.